The normalized spacial score (nSPS) is 21.6. The Labute approximate surface area is 162 Å². The van der Waals surface area contributed by atoms with E-state index in [1.807, 2.05) is 23.1 Å². The summed E-state index contributed by atoms with van der Waals surface area (Å²) in [6, 6.07) is 9.87. The van der Waals surface area contributed by atoms with Crippen molar-refractivity contribution in [1.82, 2.24) is 9.88 Å². The molecule has 0 amide bonds. The van der Waals surface area contributed by atoms with E-state index in [2.05, 4.69) is 9.88 Å². The van der Waals surface area contributed by atoms with Crippen molar-refractivity contribution in [1.29, 1.82) is 0 Å². The number of aromatic nitrogens is 1. The molecule has 1 aromatic carbocycles. The molecule has 0 spiro atoms. The van der Waals surface area contributed by atoms with Crippen LogP contribution in [0.2, 0.25) is 0 Å². The fourth-order valence-electron chi connectivity index (χ4n) is 4.12. The van der Waals surface area contributed by atoms with Crippen molar-refractivity contribution < 1.29 is 14.1 Å². The van der Waals surface area contributed by atoms with E-state index in [0.29, 0.717) is 18.8 Å². The molecule has 0 aliphatic carbocycles. The first-order valence-corrected chi connectivity index (χ1v) is 9.59. The Balaban J connectivity index is 1.48. The summed E-state index contributed by atoms with van der Waals surface area (Å²) >= 11 is 0. The minimum atomic E-state index is -0.580. The Bertz CT molecular complexity index is 821. The number of pyridine rings is 1. The highest BCUT2D eigenvalue weighted by Gasteiger charge is 2.35. The molecule has 148 valence electrons. The zero-order chi connectivity index (χ0) is 19.5. The molecule has 0 N–H and O–H groups in total. The molecule has 0 saturated carbocycles. The molecule has 7 nitrogen and oxygen atoms in total. The van der Waals surface area contributed by atoms with E-state index < -0.39 is 10.7 Å². The van der Waals surface area contributed by atoms with Crippen LogP contribution < -0.4 is 4.90 Å². The van der Waals surface area contributed by atoms with Crippen LogP contribution in [0.15, 0.2) is 42.6 Å². The second kappa shape index (κ2) is 8.20. The van der Waals surface area contributed by atoms with Crippen LogP contribution in [-0.2, 0) is 4.74 Å². The molecular formula is C20H23FN4O3. The Morgan fingerprint density at radius 2 is 2.04 bits per heavy atom. The summed E-state index contributed by atoms with van der Waals surface area (Å²) in [5, 5.41) is 10.8. The number of benzene rings is 1. The second-order valence-corrected chi connectivity index (χ2v) is 7.17. The van der Waals surface area contributed by atoms with Crippen molar-refractivity contribution >= 4 is 11.4 Å². The van der Waals surface area contributed by atoms with Crippen LogP contribution in [0.5, 0.6) is 0 Å². The Morgan fingerprint density at radius 1 is 1.21 bits per heavy atom. The van der Waals surface area contributed by atoms with Crippen molar-refractivity contribution in [2.75, 3.05) is 37.7 Å². The average Bonchev–Trinajstić information content (AvgIpc) is 3.24. The first-order valence-electron chi connectivity index (χ1n) is 9.59. The first kappa shape index (κ1) is 18.8. The van der Waals surface area contributed by atoms with E-state index in [4.69, 9.17) is 4.74 Å². The smallest absolute Gasteiger partial charge is 0.272 e. The van der Waals surface area contributed by atoms with Gasteiger partial charge in [0.05, 0.1) is 34.5 Å². The number of ether oxygens (including phenoxy) is 1. The van der Waals surface area contributed by atoms with Gasteiger partial charge in [-0.15, -0.1) is 0 Å². The van der Waals surface area contributed by atoms with E-state index in [9.17, 15) is 14.5 Å². The SMILES string of the molecule is O=[N+]([O-])c1ccc(N2CCN([C@H](c3ccccn3)C3CCCO3)CC2)c(F)c1. The molecule has 3 heterocycles. The molecule has 2 saturated heterocycles. The summed E-state index contributed by atoms with van der Waals surface area (Å²) in [6.45, 7) is 3.56. The van der Waals surface area contributed by atoms with E-state index in [1.54, 1.807) is 6.20 Å². The van der Waals surface area contributed by atoms with Crippen molar-refractivity contribution in [2.24, 2.45) is 0 Å². The van der Waals surface area contributed by atoms with Gasteiger partial charge >= 0.3 is 0 Å². The molecule has 4 rings (SSSR count). The van der Waals surface area contributed by atoms with Gasteiger partial charge < -0.3 is 9.64 Å². The van der Waals surface area contributed by atoms with Crippen LogP contribution in [0.3, 0.4) is 0 Å². The van der Waals surface area contributed by atoms with Crippen LogP contribution in [0, 0.1) is 15.9 Å². The van der Waals surface area contributed by atoms with Crippen LogP contribution in [-0.4, -0.2) is 53.7 Å². The average molecular weight is 386 g/mol. The lowest BCUT2D eigenvalue weighted by molar-refractivity contribution is -0.385. The summed E-state index contributed by atoms with van der Waals surface area (Å²) in [5.74, 6) is -0.553. The monoisotopic (exact) mass is 386 g/mol. The van der Waals surface area contributed by atoms with Gasteiger partial charge in [-0.3, -0.25) is 20.0 Å². The molecule has 2 aliphatic rings. The van der Waals surface area contributed by atoms with Crippen molar-refractivity contribution in [2.45, 2.75) is 25.0 Å². The number of hydrogen-bond acceptors (Lipinski definition) is 6. The molecule has 28 heavy (non-hydrogen) atoms. The minimum absolute atomic E-state index is 0.0903. The van der Waals surface area contributed by atoms with Gasteiger partial charge in [-0.05, 0) is 31.0 Å². The van der Waals surface area contributed by atoms with Crippen LogP contribution >= 0.6 is 0 Å². The Hall–Kier alpha value is -2.58. The molecule has 2 aliphatic heterocycles. The molecular weight excluding hydrogens is 363 g/mol. The zero-order valence-corrected chi connectivity index (χ0v) is 15.5. The van der Waals surface area contributed by atoms with E-state index in [0.717, 1.165) is 44.3 Å². The minimum Gasteiger partial charge on any atom is -0.376 e. The maximum absolute atomic E-state index is 14.4. The summed E-state index contributed by atoms with van der Waals surface area (Å²) < 4.78 is 20.3. The molecule has 2 aromatic rings. The fourth-order valence-corrected chi connectivity index (χ4v) is 4.12. The lowest BCUT2D eigenvalue weighted by Gasteiger charge is -2.41. The maximum Gasteiger partial charge on any atom is 0.272 e. The number of anilines is 1. The predicted octanol–water partition coefficient (Wildman–Crippen LogP) is 3.17. The van der Waals surface area contributed by atoms with Crippen molar-refractivity contribution in [3.63, 3.8) is 0 Å². The second-order valence-electron chi connectivity index (χ2n) is 7.17. The van der Waals surface area contributed by atoms with E-state index >= 15 is 0 Å². The van der Waals surface area contributed by atoms with Gasteiger partial charge in [0.25, 0.3) is 5.69 Å². The first-order chi connectivity index (χ1) is 13.6. The highest BCUT2D eigenvalue weighted by Crippen LogP contribution is 2.33. The van der Waals surface area contributed by atoms with Crippen LogP contribution in [0.4, 0.5) is 15.8 Å². The number of hydrogen-bond donors (Lipinski definition) is 0. The van der Waals surface area contributed by atoms with Gasteiger partial charge in [-0.25, -0.2) is 4.39 Å². The summed E-state index contributed by atoms with van der Waals surface area (Å²) in [4.78, 5) is 19.1. The molecule has 2 fully saturated rings. The third-order valence-electron chi connectivity index (χ3n) is 5.50. The standard InChI is InChI=1S/C20H23FN4O3/c21-16-14-15(25(26)27)6-7-18(16)23-9-11-24(12-10-23)20(19-5-3-13-28-19)17-4-1-2-8-22-17/h1-2,4,6-8,14,19-20H,3,5,9-13H2/t19?,20-/m1/s1. The van der Waals surface area contributed by atoms with Gasteiger partial charge in [0.1, 0.15) is 0 Å². The third-order valence-corrected chi connectivity index (χ3v) is 5.50. The van der Waals surface area contributed by atoms with E-state index in [-0.39, 0.29) is 17.8 Å². The number of nitro benzene ring substituents is 1. The molecule has 1 aromatic heterocycles. The van der Waals surface area contributed by atoms with Crippen LogP contribution in [0.1, 0.15) is 24.6 Å². The highest BCUT2D eigenvalue weighted by molar-refractivity contribution is 5.52. The summed E-state index contributed by atoms with van der Waals surface area (Å²) in [7, 11) is 0. The lowest BCUT2D eigenvalue weighted by Crippen LogP contribution is -2.50. The number of halogens is 1. The largest absolute Gasteiger partial charge is 0.376 e. The van der Waals surface area contributed by atoms with E-state index in [1.165, 1.54) is 12.1 Å². The number of nitrogens with zero attached hydrogens (tertiary/aromatic N) is 4. The maximum atomic E-state index is 14.4. The van der Waals surface area contributed by atoms with Gasteiger partial charge in [0.15, 0.2) is 5.82 Å². The van der Waals surface area contributed by atoms with Crippen molar-refractivity contribution in [3.8, 4) is 0 Å². The Morgan fingerprint density at radius 3 is 2.64 bits per heavy atom. The number of piperazine rings is 1. The van der Waals surface area contributed by atoms with Gasteiger partial charge in [0.2, 0.25) is 0 Å². The third kappa shape index (κ3) is 3.83. The van der Waals surface area contributed by atoms with Gasteiger partial charge in [-0.2, -0.15) is 0 Å². The predicted molar refractivity (Wildman–Crippen MR) is 103 cm³/mol. The van der Waals surface area contributed by atoms with Crippen molar-refractivity contribution in [3.05, 3.63) is 64.2 Å². The zero-order valence-electron chi connectivity index (χ0n) is 15.5. The summed E-state index contributed by atoms with van der Waals surface area (Å²) in [6.07, 6.45) is 4.00. The topological polar surface area (TPSA) is 71.7 Å². The van der Waals surface area contributed by atoms with Gasteiger partial charge in [-0.1, -0.05) is 6.07 Å². The number of non-ortho nitro benzene ring substituents is 1. The number of nitro groups is 1. The highest BCUT2D eigenvalue weighted by atomic mass is 19.1. The lowest BCUT2D eigenvalue weighted by atomic mass is 10.0. The summed E-state index contributed by atoms with van der Waals surface area (Å²) in [5.41, 5.74) is 1.19. The molecule has 0 bridgehead atoms. The molecule has 0 radical (unpaired) electrons. The molecule has 1 unspecified atom stereocenters. The molecule has 2 atom stereocenters. The number of rotatable bonds is 5. The van der Waals surface area contributed by atoms with Crippen LogP contribution in [0.25, 0.3) is 0 Å². The quantitative estimate of drug-likeness (QED) is 0.581. The fraction of sp³-hybridized carbons (Fsp3) is 0.450. The van der Waals surface area contributed by atoms with Gasteiger partial charge in [0, 0.05) is 45.0 Å². The molecule has 8 heteroatoms. The Kier molecular flexibility index (Phi) is 5.50.